The third kappa shape index (κ3) is 22.2. The van der Waals surface area contributed by atoms with Crippen molar-refractivity contribution >= 4 is 71.1 Å². The predicted molar refractivity (Wildman–Crippen MR) is 197 cm³/mol. The molecule has 0 radical (unpaired) electrons. The number of hydrogen-bond donors (Lipinski definition) is 14. The van der Waals surface area contributed by atoms with Crippen LogP contribution in [0.4, 0.5) is 0 Å². The summed E-state index contributed by atoms with van der Waals surface area (Å²) in [6, 6.07) is -11.9. The van der Waals surface area contributed by atoms with Crippen molar-refractivity contribution in [2.45, 2.75) is 120 Å². The number of carbonyl (C=O) groups excluding carboxylic acids is 8. The molecule has 7 atom stereocenters. The molecule has 0 saturated heterocycles. The van der Waals surface area contributed by atoms with E-state index in [1.165, 1.54) is 0 Å². The van der Waals surface area contributed by atoms with E-state index >= 15 is 0 Å². The Bertz CT molecular complexity index is 1570. The highest BCUT2D eigenvalue weighted by molar-refractivity contribution is 5.98. The molecule has 0 aliphatic heterocycles. The Morgan fingerprint density at radius 3 is 1.24 bits per heavy atom. The number of aliphatic hydroxyl groups excluding tert-OH is 1. The van der Waals surface area contributed by atoms with Crippen LogP contribution in [0.25, 0.3) is 0 Å². The second kappa shape index (κ2) is 26.5. The smallest absolute Gasteiger partial charge is 0.326 e. The van der Waals surface area contributed by atoms with Crippen LogP contribution < -0.4 is 49.1 Å². The lowest BCUT2D eigenvalue weighted by molar-refractivity contribution is -0.144. The van der Waals surface area contributed by atoms with Gasteiger partial charge in [0.2, 0.25) is 47.3 Å². The Labute approximate surface area is 336 Å². The lowest BCUT2D eigenvalue weighted by atomic mass is 10.0. The maximum atomic E-state index is 13.4. The number of aliphatic carboxylic acids is 4. The summed E-state index contributed by atoms with van der Waals surface area (Å²) >= 11 is 0. The van der Waals surface area contributed by atoms with Crippen LogP contribution in [-0.4, -0.2) is 146 Å². The first-order valence-corrected chi connectivity index (χ1v) is 18.0. The molecule has 0 rings (SSSR count). The summed E-state index contributed by atoms with van der Waals surface area (Å²) in [5, 5.41) is 59.5. The monoisotopic (exact) mass is 847 g/mol. The molecule has 0 aromatic rings. The molecule has 26 heteroatoms. The van der Waals surface area contributed by atoms with Gasteiger partial charge in [-0.25, -0.2) is 4.79 Å². The number of carboxylic acids is 4. The summed E-state index contributed by atoms with van der Waals surface area (Å²) in [6.45, 7) is 2.04. The van der Waals surface area contributed by atoms with E-state index in [0.29, 0.717) is 0 Å². The summed E-state index contributed by atoms with van der Waals surface area (Å²) < 4.78 is 0. The van der Waals surface area contributed by atoms with Crippen LogP contribution >= 0.6 is 0 Å². The highest BCUT2D eigenvalue weighted by atomic mass is 16.4. The molecule has 0 aromatic carbocycles. The molecular weight excluding hydrogens is 794 g/mol. The Kier molecular flexibility index (Phi) is 23.6. The molecule has 7 unspecified atom stereocenters. The molecule has 0 saturated carbocycles. The number of rotatable bonds is 30. The number of nitrogens with one attached hydrogen (secondary N) is 6. The fraction of sp³-hybridized carbons (Fsp3) is 0.636. The van der Waals surface area contributed by atoms with Crippen molar-refractivity contribution in [1.29, 1.82) is 0 Å². The zero-order valence-corrected chi connectivity index (χ0v) is 32.3. The average Bonchev–Trinajstić information content (AvgIpc) is 3.12. The van der Waals surface area contributed by atoms with Gasteiger partial charge in [0.25, 0.3) is 0 Å². The number of carbonyl (C=O) groups is 12. The van der Waals surface area contributed by atoms with Crippen molar-refractivity contribution in [2.75, 3.05) is 6.61 Å². The van der Waals surface area contributed by atoms with E-state index in [4.69, 9.17) is 27.4 Å². The normalized spacial score (nSPS) is 14.4. The van der Waals surface area contributed by atoms with Gasteiger partial charge in [0.15, 0.2) is 0 Å². The van der Waals surface area contributed by atoms with Crippen molar-refractivity contribution in [3.63, 3.8) is 0 Å². The van der Waals surface area contributed by atoms with Crippen molar-refractivity contribution in [3.05, 3.63) is 0 Å². The van der Waals surface area contributed by atoms with Gasteiger partial charge in [0, 0.05) is 25.7 Å². The van der Waals surface area contributed by atoms with Gasteiger partial charge in [-0.05, 0) is 38.0 Å². The zero-order chi connectivity index (χ0) is 45.6. The first-order chi connectivity index (χ1) is 27.4. The third-order valence-corrected chi connectivity index (χ3v) is 8.06. The minimum absolute atomic E-state index is 0.144. The fourth-order valence-corrected chi connectivity index (χ4v) is 4.97. The molecule has 0 bridgehead atoms. The number of primary amides is 2. The van der Waals surface area contributed by atoms with Crippen molar-refractivity contribution in [1.82, 2.24) is 31.9 Å². The third-order valence-electron chi connectivity index (χ3n) is 8.06. The Balaban J connectivity index is 6.25. The molecule has 0 aromatic heterocycles. The predicted octanol–water partition coefficient (Wildman–Crippen LogP) is -5.92. The number of amides is 8. The second-order valence-electron chi connectivity index (χ2n) is 13.6. The second-order valence-corrected chi connectivity index (χ2v) is 13.6. The summed E-state index contributed by atoms with van der Waals surface area (Å²) in [5.41, 5.74) is 16.0. The molecule has 8 amide bonds. The minimum atomic E-state index is -1.99. The molecule has 26 nitrogen and oxygen atoms in total. The van der Waals surface area contributed by atoms with Crippen molar-refractivity contribution in [2.24, 2.45) is 23.1 Å². The van der Waals surface area contributed by atoms with Gasteiger partial charge >= 0.3 is 23.9 Å². The number of carboxylic acid groups (broad SMARTS) is 4. The quantitative estimate of drug-likeness (QED) is 0.0320. The summed E-state index contributed by atoms with van der Waals surface area (Å²) in [7, 11) is 0. The van der Waals surface area contributed by atoms with Gasteiger partial charge in [0.1, 0.15) is 36.3 Å². The van der Waals surface area contributed by atoms with E-state index in [9.17, 15) is 72.9 Å². The van der Waals surface area contributed by atoms with Gasteiger partial charge in [-0.3, -0.25) is 52.7 Å². The highest BCUT2D eigenvalue weighted by Gasteiger charge is 2.35. The fourth-order valence-electron chi connectivity index (χ4n) is 4.97. The van der Waals surface area contributed by atoms with Crippen LogP contribution in [0.15, 0.2) is 0 Å². The molecule has 59 heavy (non-hydrogen) atoms. The van der Waals surface area contributed by atoms with Gasteiger partial charge in [-0.15, -0.1) is 0 Å². The molecule has 0 fully saturated rings. The summed E-state index contributed by atoms with van der Waals surface area (Å²) in [6.07, 6.45) is -5.27. The van der Waals surface area contributed by atoms with Gasteiger partial charge in [0.05, 0.1) is 19.1 Å². The lowest BCUT2D eigenvalue weighted by Crippen LogP contribution is -2.60. The van der Waals surface area contributed by atoms with Crippen LogP contribution in [0.3, 0.4) is 0 Å². The van der Waals surface area contributed by atoms with Crippen molar-refractivity contribution < 1.29 is 83.1 Å². The molecule has 0 aliphatic carbocycles. The van der Waals surface area contributed by atoms with Gasteiger partial charge in [-0.1, -0.05) is 13.8 Å². The van der Waals surface area contributed by atoms with Crippen LogP contribution in [0, 0.1) is 5.92 Å². The molecule has 332 valence electrons. The molecule has 0 heterocycles. The lowest BCUT2D eigenvalue weighted by Gasteiger charge is -2.27. The largest absolute Gasteiger partial charge is 0.481 e. The topological polar surface area (TPSA) is 456 Å². The SMILES string of the molecule is CC(C)CC(NC(=O)C(CC(=O)O)NC(=O)C(CO)NC(=O)C(CCC(N)=O)NC(=O)C(CCC(N)=O)NC(=O)C(N)CCC(=O)O)C(=O)NC(CCC(=O)O)C(=O)O. The van der Waals surface area contributed by atoms with E-state index in [1.807, 2.05) is 5.32 Å². The average molecular weight is 848 g/mol. The van der Waals surface area contributed by atoms with E-state index in [0.717, 1.165) is 0 Å². The zero-order valence-electron chi connectivity index (χ0n) is 32.3. The van der Waals surface area contributed by atoms with E-state index in [-0.39, 0.29) is 18.8 Å². The van der Waals surface area contributed by atoms with E-state index in [1.54, 1.807) is 13.8 Å². The van der Waals surface area contributed by atoms with E-state index < -0.39 is 171 Å². The molecule has 0 spiro atoms. The number of nitrogens with two attached hydrogens (primary N) is 3. The summed E-state index contributed by atoms with van der Waals surface area (Å²) in [5.74, 6) is -15.2. The first kappa shape index (κ1) is 52.6. The number of hydrogen-bond acceptors (Lipinski definition) is 14. The van der Waals surface area contributed by atoms with Gasteiger partial charge in [-0.2, -0.15) is 0 Å². The first-order valence-electron chi connectivity index (χ1n) is 18.0. The molecular formula is C33H53N9O17. The van der Waals surface area contributed by atoms with Gasteiger partial charge < -0.3 is 74.6 Å². The van der Waals surface area contributed by atoms with Crippen LogP contribution in [-0.2, 0) is 57.5 Å². The standard InChI is InChI=1S/C33H53N9O17/c1-14(2)11-19(30(55)39-18(33(58)59)6-10-25(48)49)40-31(56)20(12-26(50)51)41-32(57)21(13-43)42-29(54)17(5-8-23(36)45)38-28(53)16(4-7-22(35)44)37-27(52)15(34)3-9-24(46)47/h14-21,43H,3-13,34H2,1-2H3,(H2,35,44)(H2,36,45)(H,37,52)(H,38,53)(H,39,55)(H,40,56)(H,41,57)(H,42,54)(H,46,47)(H,48,49)(H,50,51)(H,58,59). The van der Waals surface area contributed by atoms with Crippen LogP contribution in [0.1, 0.15) is 78.1 Å². The molecule has 17 N–H and O–H groups in total. The van der Waals surface area contributed by atoms with E-state index in [2.05, 4.69) is 26.6 Å². The Hall–Kier alpha value is -6.44. The van der Waals surface area contributed by atoms with Crippen LogP contribution in [0.5, 0.6) is 0 Å². The highest BCUT2D eigenvalue weighted by Crippen LogP contribution is 2.09. The maximum absolute atomic E-state index is 13.4. The Morgan fingerprint density at radius 1 is 0.458 bits per heavy atom. The number of aliphatic hydroxyl groups is 1. The Morgan fingerprint density at radius 2 is 0.814 bits per heavy atom. The van der Waals surface area contributed by atoms with Crippen molar-refractivity contribution in [3.8, 4) is 0 Å². The molecule has 0 aliphatic rings. The van der Waals surface area contributed by atoms with Crippen LogP contribution in [0.2, 0.25) is 0 Å². The summed E-state index contributed by atoms with van der Waals surface area (Å²) in [4.78, 5) is 147. The minimum Gasteiger partial charge on any atom is -0.481 e. The maximum Gasteiger partial charge on any atom is 0.326 e.